The van der Waals surface area contributed by atoms with Crippen molar-refractivity contribution in [1.29, 1.82) is 0 Å². The number of carbonyl (C=O) groups excluding carboxylic acids is 1. The lowest BCUT2D eigenvalue weighted by Gasteiger charge is -2.09. The predicted molar refractivity (Wildman–Crippen MR) is 79.7 cm³/mol. The number of amides is 1. The molecule has 1 amide bonds. The van der Waals surface area contributed by atoms with Crippen molar-refractivity contribution in [2.24, 2.45) is 0 Å². The van der Waals surface area contributed by atoms with Crippen LogP contribution in [0, 0.1) is 0 Å². The Morgan fingerprint density at radius 3 is 2.70 bits per heavy atom. The van der Waals surface area contributed by atoms with Gasteiger partial charge in [0.1, 0.15) is 5.75 Å². The molecule has 0 fully saturated rings. The Morgan fingerprint density at radius 2 is 1.95 bits per heavy atom. The van der Waals surface area contributed by atoms with Gasteiger partial charge in [-0.2, -0.15) is 0 Å². The third kappa shape index (κ3) is 3.60. The summed E-state index contributed by atoms with van der Waals surface area (Å²) in [5.41, 5.74) is 2.68. The lowest BCUT2D eigenvalue weighted by Crippen LogP contribution is -2.24. The monoisotopic (exact) mass is 269 g/mol. The fourth-order valence-corrected chi connectivity index (χ4v) is 2.17. The van der Waals surface area contributed by atoms with Crippen molar-refractivity contribution in [3.8, 4) is 5.75 Å². The zero-order valence-corrected chi connectivity index (χ0v) is 11.6. The molecule has 0 saturated heterocycles. The van der Waals surface area contributed by atoms with E-state index < -0.39 is 0 Å². The van der Waals surface area contributed by atoms with Gasteiger partial charge in [-0.3, -0.25) is 4.79 Å². The molecule has 20 heavy (non-hydrogen) atoms. The van der Waals surface area contributed by atoms with Gasteiger partial charge in [-0.25, -0.2) is 0 Å². The molecule has 0 radical (unpaired) electrons. The minimum atomic E-state index is -0.0719. The molecule has 0 spiro atoms. The standard InChI is InChI=1S/C17H19NO2/c1-2-6-14-8-3-4-10-16(14)17(20)18-12-13-7-5-9-15(19)11-13/h3-5,7-11,19H,2,6,12H2,1H3,(H,18,20). The average Bonchev–Trinajstić information content (AvgIpc) is 2.46. The Kier molecular flexibility index (Phi) is 4.77. The van der Waals surface area contributed by atoms with E-state index in [-0.39, 0.29) is 11.7 Å². The van der Waals surface area contributed by atoms with Gasteiger partial charge in [0.2, 0.25) is 0 Å². The van der Waals surface area contributed by atoms with Crippen LogP contribution in [-0.2, 0) is 13.0 Å². The minimum Gasteiger partial charge on any atom is -0.508 e. The molecule has 0 atom stereocenters. The molecule has 0 heterocycles. The van der Waals surface area contributed by atoms with Gasteiger partial charge in [0.25, 0.3) is 5.91 Å². The van der Waals surface area contributed by atoms with Gasteiger partial charge in [-0.1, -0.05) is 43.7 Å². The van der Waals surface area contributed by atoms with Crippen LogP contribution in [0.15, 0.2) is 48.5 Å². The predicted octanol–water partition coefficient (Wildman–Crippen LogP) is 3.27. The van der Waals surface area contributed by atoms with Gasteiger partial charge < -0.3 is 10.4 Å². The third-order valence-corrected chi connectivity index (χ3v) is 3.14. The van der Waals surface area contributed by atoms with E-state index in [9.17, 15) is 9.90 Å². The van der Waals surface area contributed by atoms with Crippen LogP contribution in [0.1, 0.15) is 34.8 Å². The molecule has 0 saturated carbocycles. The Bertz CT molecular complexity index is 593. The highest BCUT2D eigenvalue weighted by molar-refractivity contribution is 5.95. The molecule has 0 unspecified atom stereocenters. The van der Waals surface area contributed by atoms with E-state index in [0.717, 1.165) is 29.5 Å². The largest absolute Gasteiger partial charge is 0.508 e. The van der Waals surface area contributed by atoms with Gasteiger partial charge >= 0.3 is 0 Å². The van der Waals surface area contributed by atoms with Crippen molar-refractivity contribution in [2.75, 3.05) is 0 Å². The molecular formula is C17H19NO2. The second-order valence-corrected chi connectivity index (χ2v) is 4.76. The summed E-state index contributed by atoms with van der Waals surface area (Å²) in [7, 11) is 0. The molecule has 2 rings (SSSR count). The fraction of sp³-hybridized carbons (Fsp3) is 0.235. The molecule has 2 aromatic carbocycles. The van der Waals surface area contributed by atoms with Crippen molar-refractivity contribution in [2.45, 2.75) is 26.3 Å². The van der Waals surface area contributed by atoms with Crippen LogP contribution in [0.3, 0.4) is 0 Å². The van der Waals surface area contributed by atoms with Crippen molar-refractivity contribution >= 4 is 5.91 Å². The van der Waals surface area contributed by atoms with Crippen molar-refractivity contribution in [3.63, 3.8) is 0 Å². The van der Waals surface area contributed by atoms with Crippen LogP contribution >= 0.6 is 0 Å². The number of phenolic OH excluding ortho intramolecular Hbond substituents is 1. The zero-order valence-electron chi connectivity index (χ0n) is 11.6. The van der Waals surface area contributed by atoms with E-state index >= 15 is 0 Å². The number of aromatic hydroxyl groups is 1. The minimum absolute atomic E-state index is 0.0719. The van der Waals surface area contributed by atoms with Crippen molar-refractivity contribution < 1.29 is 9.90 Å². The molecule has 3 nitrogen and oxygen atoms in total. The number of hydrogen-bond acceptors (Lipinski definition) is 2. The van der Waals surface area contributed by atoms with E-state index in [1.54, 1.807) is 18.2 Å². The molecule has 3 heteroatoms. The molecule has 2 N–H and O–H groups in total. The fourth-order valence-electron chi connectivity index (χ4n) is 2.17. The first-order valence-electron chi connectivity index (χ1n) is 6.84. The Hall–Kier alpha value is -2.29. The highest BCUT2D eigenvalue weighted by Crippen LogP contribution is 2.13. The summed E-state index contributed by atoms with van der Waals surface area (Å²) in [5.74, 6) is 0.139. The lowest BCUT2D eigenvalue weighted by molar-refractivity contribution is 0.0950. The van der Waals surface area contributed by atoms with E-state index in [4.69, 9.17) is 0 Å². The topological polar surface area (TPSA) is 49.3 Å². The second-order valence-electron chi connectivity index (χ2n) is 4.76. The van der Waals surface area contributed by atoms with Gasteiger partial charge in [0.15, 0.2) is 0 Å². The maximum Gasteiger partial charge on any atom is 0.251 e. The highest BCUT2D eigenvalue weighted by atomic mass is 16.3. The SMILES string of the molecule is CCCc1ccccc1C(=O)NCc1cccc(O)c1. The maximum absolute atomic E-state index is 12.2. The molecular weight excluding hydrogens is 250 g/mol. The Morgan fingerprint density at radius 1 is 1.15 bits per heavy atom. The van der Waals surface area contributed by atoms with Crippen LogP contribution in [0.2, 0.25) is 0 Å². The summed E-state index contributed by atoms with van der Waals surface area (Å²) in [4.78, 5) is 12.2. The molecule has 0 aliphatic heterocycles. The molecule has 2 aromatic rings. The Balaban J connectivity index is 2.05. The van der Waals surface area contributed by atoms with E-state index in [2.05, 4.69) is 12.2 Å². The summed E-state index contributed by atoms with van der Waals surface area (Å²) in [6.07, 6.45) is 1.91. The normalized spacial score (nSPS) is 10.2. The quantitative estimate of drug-likeness (QED) is 0.875. The van der Waals surface area contributed by atoms with Crippen molar-refractivity contribution in [3.05, 3.63) is 65.2 Å². The van der Waals surface area contributed by atoms with Crippen LogP contribution in [-0.4, -0.2) is 11.0 Å². The first-order chi connectivity index (χ1) is 9.70. The molecule has 0 bridgehead atoms. The summed E-state index contributed by atoms with van der Waals surface area (Å²) in [6.45, 7) is 2.51. The van der Waals surface area contributed by atoms with E-state index in [1.165, 1.54) is 0 Å². The summed E-state index contributed by atoms with van der Waals surface area (Å²) in [5, 5.41) is 12.3. The zero-order chi connectivity index (χ0) is 14.4. The molecule has 104 valence electrons. The maximum atomic E-state index is 12.2. The number of benzene rings is 2. The average molecular weight is 269 g/mol. The molecule has 0 aliphatic carbocycles. The Labute approximate surface area is 119 Å². The number of rotatable bonds is 5. The first-order valence-corrected chi connectivity index (χ1v) is 6.84. The van der Waals surface area contributed by atoms with Crippen LogP contribution in [0.25, 0.3) is 0 Å². The third-order valence-electron chi connectivity index (χ3n) is 3.14. The second kappa shape index (κ2) is 6.75. The number of phenols is 1. The first kappa shape index (κ1) is 14.1. The van der Waals surface area contributed by atoms with E-state index in [1.807, 2.05) is 30.3 Å². The number of aryl methyl sites for hydroxylation is 1. The number of carbonyl (C=O) groups is 1. The van der Waals surface area contributed by atoms with Gasteiger partial charge in [-0.05, 0) is 35.7 Å². The lowest BCUT2D eigenvalue weighted by atomic mass is 10.0. The summed E-state index contributed by atoms with van der Waals surface area (Å²) < 4.78 is 0. The van der Waals surface area contributed by atoms with Crippen LogP contribution in [0.4, 0.5) is 0 Å². The molecule has 0 aromatic heterocycles. The highest BCUT2D eigenvalue weighted by Gasteiger charge is 2.09. The van der Waals surface area contributed by atoms with E-state index in [0.29, 0.717) is 6.54 Å². The number of hydrogen-bond donors (Lipinski definition) is 2. The number of nitrogens with one attached hydrogen (secondary N) is 1. The summed E-state index contributed by atoms with van der Waals surface area (Å²) in [6, 6.07) is 14.6. The van der Waals surface area contributed by atoms with Crippen LogP contribution in [0.5, 0.6) is 5.75 Å². The molecule has 0 aliphatic rings. The van der Waals surface area contributed by atoms with Gasteiger partial charge in [-0.15, -0.1) is 0 Å². The van der Waals surface area contributed by atoms with Crippen molar-refractivity contribution in [1.82, 2.24) is 5.32 Å². The smallest absolute Gasteiger partial charge is 0.251 e. The van der Waals surface area contributed by atoms with Gasteiger partial charge in [0, 0.05) is 12.1 Å². The van der Waals surface area contributed by atoms with Gasteiger partial charge in [0.05, 0.1) is 0 Å². The summed E-state index contributed by atoms with van der Waals surface area (Å²) >= 11 is 0. The van der Waals surface area contributed by atoms with Crippen LogP contribution < -0.4 is 5.32 Å².